The zero-order valence-electron chi connectivity index (χ0n) is 8.86. The molecule has 14 heavy (non-hydrogen) atoms. The summed E-state index contributed by atoms with van der Waals surface area (Å²) in [6.45, 7) is 4.35. The second-order valence-electron chi connectivity index (χ2n) is 4.42. The number of hydrogen-bond acceptors (Lipinski definition) is 3. The van der Waals surface area contributed by atoms with E-state index >= 15 is 0 Å². The van der Waals surface area contributed by atoms with Crippen molar-refractivity contribution in [3.05, 3.63) is 16.1 Å². The van der Waals surface area contributed by atoms with Crippen molar-refractivity contribution >= 4 is 11.3 Å². The van der Waals surface area contributed by atoms with E-state index in [4.69, 9.17) is 5.73 Å². The largest absolute Gasteiger partial charge is 0.327 e. The zero-order chi connectivity index (χ0) is 10.1. The van der Waals surface area contributed by atoms with Crippen LogP contribution in [0.1, 0.15) is 30.5 Å². The Kier molecular flexibility index (Phi) is 2.88. The number of rotatable bonds is 2. The number of aromatic nitrogens is 1. The Morgan fingerprint density at radius 2 is 2.36 bits per heavy atom. The molecular weight excluding hydrogens is 192 g/mol. The van der Waals surface area contributed by atoms with Crippen LogP contribution < -0.4 is 5.73 Å². The lowest BCUT2D eigenvalue weighted by molar-refractivity contribution is 0.388. The third-order valence-corrected chi connectivity index (χ3v) is 4.25. The van der Waals surface area contributed by atoms with Gasteiger partial charge in [-0.25, -0.2) is 4.98 Å². The smallest absolute Gasteiger partial charge is 0.0897 e. The van der Waals surface area contributed by atoms with Crippen LogP contribution in [0, 0.1) is 18.8 Å². The van der Waals surface area contributed by atoms with Gasteiger partial charge in [-0.2, -0.15) is 0 Å². The third-order valence-electron chi connectivity index (χ3n) is 3.43. The minimum absolute atomic E-state index is 0.416. The molecule has 2 N–H and O–H groups in total. The minimum atomic E-state index is 0.416. The molecule has 1 aliphatic rings. The molecule has 78 valence electrons. The van der Waals surface area contributed by atoms with Gasteiger partial charge in [-0.05, 0) is 38.0 Å². The first-order valence-electron chi connectivity index (χ1n) is 5.33. The van der Waals surface area contributed by atoms with Crippen molar-refractivity contribution in [2.45, 2.75) is 39.2 Å². The maximum atomic E-state index is 6.01. The summed E-state index contributed by atoms with van der Waals surface area (Å²) in [6, 6.07) is 0.416. The molecule has 1 aromatic heterocycles. The molecular formula is C11H18N2S. The van der Waals surface area contributed by atoms with Gasteiger partial charge in [0.25, 0.3) is 0 Å². The van der Waals surface area contributed by atoms with E-state index in [1.807, 2.05) is 0 Å². The van der Waals surface area contributed by atoms with Crippen LogP contribution in [-0.4, -0.2) is 11.0 Å². The molecule has 0 saturated heterocycles. The molecule has 0 bridgehead atoms. The fourth-order valence-corrected chi connectivity index (χ4v) is 2.97. The number of thiazole rings is 1. The molecule has 0 aromatic carbocycles. The number of nitrogens with two attached hydrogens (primary N) is 1. The molecule has 2 rings (SSSR count). The Hall–Kier alpha value is -0.410. The van der Waals surface area contributed by atoms with Crippen molar-refractivity contribution in [2.24, 2.45) is 17.6 Å². The molecule has 1 fully saturated rings. The number of nitrogens with zero attached hydrogens (tertiary/aromatic N) is 1. The van der Waals surface area contributed by atoms with Crippen molar-refractivity contribution in [1.82, 2.24) is 4.98 Å². The maximum Gasteiger partial charge on any atom is 0.0897 e. The van der Waals surface area contributed by atoms with Crippen LogP contribution >= 0.6 is 11.3 Å². The first-order valence-corrected chi connectivity index (χ1v) is 6.21. The Labute approximate surface area is 89.5 Å². The van der Waals surface area contributed by atoms with Crippen LogP contribution in [0.3, 0.4) is 0 Å². The standard InChI is InChI=1S/C11H18N2S/c1-7-9(3-4-11(7)12)5-10-6-14-8(2)13-10/h6-7,9,11H,3-5,12H2,1-2H3. The number of hydrogen-bond donors (Lipinski definition) is 1. The molecule has 1 aromatic rings. The van der Waals surface area contributed by atoms with Crippen molar-refractivity contribution < 1.29 is 0 Å². The molecule has 3 unspecified atom stereocenters. The van der Waals surface area contributed by atoms with Crippen LogP contribution in [-0.2, 0) is 6.42 Å². The molecule has 0 radical (unpaired) electrons. The van der Waals surface area contributed by atoms with Gasteiger partial charge in [-0.1, -0.05) is 6.92 Å². The average molecular weight is 210 g/mol. The average Bonchev–Trinajstić information content (AvgIpc) is 2.67. The van der Waals surface area contributed by atoms with Gasteiger partial charge in [0.15, 0.2) is 0 Å². The van der Waals surface area contributed by atoms with Gasteiger partial charge in [-0.15, -0.1) is 11.3 Å². The van der Waals surface area contributed by atoms with Gasteiger partial charge >= 0.3 is 0 Å². The second kappa shape index (κ2) is 3.99. The summed E-state index contributed by atoms with van der Waals surface area (Å²) < 4.78 is 0. The quantitative estimate of drug-likeness (QED) is 0.814. The van der Waals surface area contributed by atoms with Gasteiger partial charge in [0.05, 0.1) is 10.7 Å². The Morgan fingerprint density at radius 3 is 2.86 bits per heavy atom. The normalized spacial score (nSPS) is 32.4. The van der Waals surface area contributed by atoms with Gasteiger partial charge in [-0.3, -0.25) is 0 Å². The summed E-state index contributed by atoms with van der Waals surface area (Å²) in [7, 11) is 0. The lowest BCUT2D eigenvalue weighted by Crippen LogP contribution is -2.25. The predicted octanol–water partition coefficient (Wildman–Crippen LogP) is 2.37. The van der Waals surface area contributed by atoms with Crippen LogP contribution in [0.4, 0.5) is 0 Å². The second-order valence-corrected chi connectivity index (χ2v) is 5.48. The first-order chi connectivity index (χ1) is 6.66. The van der Waals surface area contributed by atoms with Crippen LogP contribution in [0.15, 0.2) is 5.38 Å². The summed E-state index contributed by atoms with van der Waals surface area (Å²) in [5.74, 6) is 1.42. The molecule has 3 atom stereocenters. The highest BCUT2D eigenvalue weighted by Gasteiger charge is 2.30. The highest BCUT2D eigenvalue weighted by molar-refractivity contribution is 7.09. The molecule has 0 aliphatic heterocycles. The molecule has 3 heteroatoms. The lowest BCUT2D eigenvalue weighted by Gasteiger charge is -2.16. The van der Waals surface area contributed by atoms with Crippen molar-refractivity contribution in [3.8, 4) is 0 Å². The minimum Gasteiger partial charge on any atom is -0.327 e. The molecule has 0 spiro atoms. The van der Waals surface area contributed by atoms with E-state index in [-0.39, 0.29) is 0 Å². The molecule has 0 amide bonds. The maximum absolute atomic E-state index is 6.01. The van der Waals surface area contributed by atoms with Crippen LogP contribution in [0.2, 0.25) is 0 Å². The Bertz CT molecular complexity index is 308. The van der Waals surface area contributed by atoms with Crippen molar-refractivity contribution in [3.63, 3.8) is 0 Å². The van der Waals surface area contributed by atoms with Crippen molar-refractivity contribution in [1.29, 1.82) is 0 Å². The Morgan fingerprint density at radius 1 is 1.57 bits per heavy atom. The third kappa shape index (κ3) is 1.98. The van der Waals surface area contributed by atoms with Gasteiger partial charge < -0.3 is 5.73 Å². The highest BCUT2D eigenvalue weighted by atomic mass is 32.1. The highest BCUT2D eigenvalue weighted by Crippen LogP contribution is 2.33. The van der Waals surface area contributed by atoms with Gasteiger partial charge in [0.2, 0.25) is 0 Å². The summed E-state index contributed by atoms with van der Waals surface area (Å²) in [6.07, 6.45) is 3.59. The predicted molar refractivity (Wildman–Crippen MR) is 60.4 cm³/mol. The monoisotopic (exact) mass is 210 g/mol. The topological polar surface area (TPSA) is 38.9 Å². The molecule has 1 heterocycles. The van der Waals surface area contributed by atoms with Crippen LogP contribution in [0.5, 0.6) is 0 Å². The SMILES string of the molecule is Cc1nc(CC2CCC(N)C2C)cs1. The summed E-state index contributed by atoms with van der Waals surface area (Å²) in [4.78, 5) is 4.51. The molecule has 2 nitrogen and oxygen atoms in total. The van der Waals surface area contributed by atoms with Gasteiger partial charge in [0.1, 0.15) is 0 Å². The van der Waals surface area contributed by atoms with E-state index in [2.05, 4.69) is 24.2 Å². The fraction of sp³-hybridized carbons (Fsp3) is 0.727. The van der Waals surface area contributed by atoms with Gasteiger partial charge in [0, 0.05) is 11.4 Å². The van der Waals surface area contributed by atoms with E-state index in [9.17, 15) is 0 Å². The zero-order valence-corrected chi connectivity index (χ0v) is 9.68. The van der Waals surface area contributed by atoms with E-state index < -0.39 is 0 Å². The molecule has 1 aliphatic carbocycles. The van der Waals surface area contributed by atoms with Crippen LogP contribution in [0.25, 0.3) is 0 Å². The summed E-state index contributed by atoms with van der Waals surface area (Å²) >= 11 is 1.75. The number of aryl methyl sites for hydroxylation is 1. The van der Waals surface area contributed by atoms with Crippen molar-refractivity contribution in [2.75, 3.05) is 0 Å². The summed E-state index contributed by atoms with van der Waals surface area (Å²) in [5, 5.41) is 3.36. The van der Waals surface area contributed by atoms with E-state index in [0.717, 1.165) is 12.3 Å². The Balaban J connectivity index is 1.98. The summed E-state index contributed by atoms with van der Waals surface area (Å²) in [5.41, 5.74) is 7.27. The molecule has 1 saturated carbocycles. The fourth-order valence-electron chi connectivity index (χ4n) is 2.34. The van der Waals surface area contributed by atoms with E-state index in [1.54, 1.807) is 11.3 Å². The van der Waals surface area contributed by atoms with E-state index in [1.165, 1.54) is 23.5 Å². The lowest BCUT2D eigenvalue weighted by atomic mass is 9.92. The first kappa shape index (κ1) is 10.1. The van der Waals surface area contributed by atoms with E-state index in [0.29, 0.717) is 12.0 Å².